The maximum Gasteiger partial charge on any atom is 0.232 e. The minimum Gasteiger partial charge on any atom is -0.473 e. The lowest BCUT2D eigenvalue weighted by atomic mass is 9.89. The van der Waals surface area contributed by atoms with Crippen LogP contribution >= 0.6 is 0 Å². The predicted molar refractivity (Wildman–Crippen MR) is 65.4 cm³/mol. The van der Waals surface area contributed by atoms with Gasteiger partial charge in [0.2, 0.25) is 5.88 Å². The molecule has 0 bridgehead atoms. The molecule has 0 amide bonds. The fourth-order valence-corrected chi connectivity index (χ4v) is 2.29. The maximum atomic E-state index is 9.00. The summed E-state index contributed by atoms with van der Waals surface area (Å²) in [4.78, 5) is 4.10. The molecule has 4 heteroatoms. The Labute approximate surface area is 101 Å². The van der Waals surface area contributed by atoms with Crippen molar-refractivity contribution in [1.82, 2.24) is 4.98 Å². The Bertz CT molecular complexity index is 439. The molecule has 90 valence electrons. The molecule has 17 heavy (non-hydrogen) atoms. The van der Waals surface area contributed by atoms with Gasteiger partial charge >= 0.3 is 0 Å². The smallest absolute Gasteiger partial charge is 0.232 e. The number of hydrogen-bond donors (Lipinski definition) is 1. The third-order valence-corrected chi connectivity index (χ3v) is 3.16. The zero-order valence-corrected chi connectivity index (χ0v) is 10.0. The Hall–Kier alpha value is -1.76. The van der Waals surface area contributed by atoms with Gasteiger partial charge < -0.3 is 10.5 Å². The summed E-state index contributed by atoms with van der Waals surface area (Å²) in [5.74, 6) is 1.11. The Morgan fingerprint density at radius 3 is 3.06 bits per heavy atom. The van der Waals surface area contributed by atoms with Gasteiger partial charge in [0.05, 0.1) is 11.9 Å². The van der Waals surface area contributed by atoms with Gasteiger partial charge in [-0.3, -0.25) is 0 Å². The van der Waals surface area contributed by atoms with E-state index < -0.39 is 0 Å². The van der Waals surface area contributed by atoms with Gasteiger partial charge in [0.25, 0.3) is 0 Å². The van der Waals surface area contributed by atoms with Crippen LogP contribution in [0.2, 0.25) is 0 Å². The van der Waals surface area contributed by atoms with Gasteiger partial charge in [-0.2, -0.15) is 5.26 Å². The van der Waals surface area contributed by atoms with Gasteiger partial charge in [0.1, 0.15) is 17.7 Å². The van der Waals surface area contributed by atoms with Crippen LogP contribution in [0, 0.1) is 17.2 Å². The second kappa shape index (κ2) is 5.05. The number of aromatic nitrogens is 1. The minimum atomic E-state index is 0.182. The summed E-state index contributed by atoms with van der Waals surface area (Å²) in [6, 6.07) is 3.68. The first-order valence-corrected chi connectivity index (χ1v) is 6.01. The topological polar surface area (TPSA) is 71.9 Å². The van der Waals surface area contributed by atoms with Crippen molar-refractivity contribution in [3.63, 3.8) is 0 Å². The van der Waals surface area contributed by atoms with Gasteiger partial charge in [-0.1, -0.05) is 13.3 Å². The lowest BCUT2D eigenvalue weighted by Gasteiger charge is -2.27. The van der Waals surface area contributed by atoms with Crippen LogP contribution < -0.4 is 10.5 Å². The lowest BCUT2D eigenvalue weighted by molar-refractivity contribution is 0.123. The van der Waals surface area contributed by atoms with E-state index in [1.54, 1.807) is 6.07 Å². The summed E-state index contributed by atoms with van der Waals surface area (Å²) < 4.78 is 5.81. The first kappa shape index (κ1) is 11.7. The van der Waals surface area contributed by atoms with Crippen molar-refractivity contribution in [2.75, 3.05) is 5.73 Å². The molecule has 0 aromatic carbocycles. The molecule has 2 N–H and O–H groups in total. The number of pyridine rings is 1. The molecule has 1 fully saturated rings. The minimum absolute atomic E-state index is 0.182. The van der Waals surface area contributed by atoms with Crippen LogP contribution in [0.25, 0.3) is 0 Å². The molecular formula is C13H17N3O. The van der Waals surface area contributed by atoms with Crippen LogP contribution in [0.1, 0.15) is 38.2 Å². The van der Waals surface area contributed by atoms with Crippen molar-refractivity contribution < 1.29 is 4.74 Å². The van der Waals surface area contributed by atoms with Crippen molar-refractivity contribution in [2.45, 2.75) is 38.7 Å². The highest BCUT2D eigenvalue weighted by molar-refractivity contribution is 5.48. The fraction of sp³-hybridized carbons (Fsp3) is 0.538. The normalized spacial score (nSPS) is 24.0. The highest BCUT2D eigenvalue weighted by Crippen LogP contribution is 2.28. The number of nitrogens with zero attached hydrogens (tertiary/aromatic N) is 2. The van der Waals surface area contributed by atoms with E-state index in [0.29, 0.717) is 23.0 Å². The van der Waals surface area contributed by atoms with E-state index in [0.717, 1.165) is 12.8 Å². The van der Waals surface area contributed by atoms with E-state index in [1.807, 2.05) is 0 Å². The molecule has 0 spiro atoms. The third kappa shape index (κ3) is 2.88. The lowest BCUT2D eigenvalue weighted by Crippen LogP contribution is -2.24. The number of anilines is 1. The highest BCUT2D eigenvalue weighted by atomic mass is 16.5. The van der Waals surface area contributed by atoms with E-state index >= 15 is 0 Å². The van der Waals surface area contributed by atoms with Crippen molar-refractivity contribution in [2.24, 2.45) is 5.92 Å². The summed E-state index contributed by atoms with van der Waals surface area (Å²) >= 11 is 0. The quantitative estimate of drug-likeness (QED) is 0.848. The fourth-order valence-electron chi connectivity index (χ4n) is 2.29. The molecule has 1 saturated carbocycles. The summed E-state index contributed by atoms with van der Waals surface area (Å²) in [6.45, 7) is 2.23. The van der Waals surface area contributed by atoms with Crippen LogP contribution in [0.3, 0.4) is 0 Å². The van der Waals surface area contributed by atoms with Crippen LogP contribution in [0.15, 0.2) is 12.3 Å². The summed E-state index contributed by atoms with van der Waals surface area (Å²) in [5, 5.41) is 9.00. The number of nitrogens with two attached hydrogens (primary N) is 1. The summed E-state index contributed by atoms with van der Waals surface area (Å²) in [6.07, 6.45) is 6.24. The number of hydrogen-bond acceptors (Lipinski definition) is 4. The maximum absolute atomic E-state index is 9.00. The molecule has 0 radical (unpaired) electrons. The molecule has 1 aliphatic carbocycles. The summed E-state index contributed by atoms with van der Waals surface area (Å²) in [7, 11) is 0. The first-order chi connectivity index (χ1) is 8.19. The van der Waals surface area contributed by atoms with Crippen molar-refractivity contribution in [1.29, 1.82) is 5.26 Å². The molecule has 1 aromatic rings. The molecule has 0 saturated heterocycles. The Morgan fingerprint density at radius 1 is 1.53 bits per heavy atom. The number of nitrogen functional groups attached to an aromatic ring is 1. The average molecular weight is 231 g/mol. The Kier molecular flexibility index (Phi) is 3.48. The second-order valence-electron chi connectivity index (χ2n) is 4.74. The van der Waals surface area contributed by atoms with E-state index in [-0.39, 0.29) is 6.10 Å². The van der Waals surface area contributed by atoms with Crippen LogP contribution in [0.5, 0.6) is 5.88 Å². The van der Waals surface area contributed by atoms with Crippen molar-refractivity contribution >= 4 is 5.69 Å². The van der Waals surface area contributed by atoms with Gasteiger partial charge in [0.15, 0.2) is 0 Å². The van der Waals surface area contributed by atoms with Crippen LogP contribution in [-0.2, 0) is 0 Å². The molecule has 1 aromatic heterocycles. The average Bonchev–Trinajstić information content (AvgIpc) is 2.31. The van der Waals surface area contributed by atoms with E-state index in [1.165, 1.54) is 19.0 Å². The SMILES string of the molecule is CC1CCCC(Oc2ncc(N)cc2C#N)C1. The molecule has 0 aliphatic heterocycles. The zero-order chi connectivity index (χ0) is 12.3. The molecular weight excluding hydrogens is 214 g/mol. The van der Waals surface area contributed by atoms with Gasteiger partial charge in [-0.25, -0.2) is 4.98 Å². The number of ether oxygens (including phenoxy) is 1. The van der Waals surface area contributed by atoms with Crippen LogP contribution in [0.4, 0.5) is 5.69 Å². The molecule has 2 rings (SSSR count). The number of rotatable bonds is 2. The Balaban J connectivity index is 2.10. The van der Waals surface area contributed by atoms with Crippen molar-refractivity contribution in [3.8, 4) is 11.9 Å². The van der Waals surface area contributed by atoms with Gasteiger partial charge in [0, 0.05) is 0 Å². The van der Waals surface area contributed by atoms with Gasteiger partial charge in [-0.15, -0.1) is 0 Å². The van der Waals surface area contributed by atoms with Crippen LogP contribution in [-0.4, -0.2) is 11.1 Å². The third-order valence-electron chi connectivity index (χ3n) is 3.16. The van der Waals surface area contributed by atoms with Gasteiger partial charge in [-0.05, 0) is 31.2 Å². The first-order valence-electron chi connectivity index (χ1n) is 6.01. The zero-order valence-electron chi connectivity index (χ0n) is 10.0. The van der Waals surface area contributed by atoms with E-state index in [9.17, 15) is 0 Å². The van der Waals surface area contributed by atoms with Crippen molar-refractivity contribution in [3.05, 3.63) is 17.8 Å². The largest absolute Gasteiger partial charge is 0.473 e. The summed E-state index contributed by atoms with van der Waals surface area (Å²) in [5.41, 5.74) is 6.50. The molecule has 4 nitrogen and oxygen atoms in total. The Morgan fingerprint density at radius 2 is 2.35 bits per heavy atom. The molecule has 1 heterocycles. The highest BCUT2D eigenvalue weighted by Gasteiger charge is 2.21. The van der Waals surface area contributed by atoms with E-state index in [2.05, 4.69) is 18.0 Å². The molecule has 2 unspecified atom stereocenters. The molecule has 1 aliphatic rings. The van der Waals surface area contributed by atoms with E-state index in [4.69, 9.17) is 15.7 Å². The standard InChI is InChI=1S/C13H17N3O/c1-9-3-2-4-12(5-9)17-13-10(7-14)6-11(15)8-16-13/h6,8-9,12H,2-5,15H2,1H3. The molecule has 2 atom stereocenters. The monoisotopic (exact) mass is 231 g/mol. The second-order valence-corrected chi connectivity index (χ2v) is 4.74. The number of nitriles is 1. The predicted octanol–water partition coefficient (Wildman–Crippen LogP) is 2.49.